The number of hydrogen-bond acceptors (Lipinski definition) is 4. The fraction of sp³-hybridized carbons (Fsp3) is 0.650. The molecule has 26 heavy (non-hydrogen) atoms. The number of nitrogens with zero attached hydrogens (tertiary/aromatic N) is 2. The third kappa shape index (κ3) is 7.12. The Hall–Kier alpha value is -1.95. The Kier molecular flexibility index (Phi) is 9.10. The molecule has 0 spiro atoms. The van der Waals surface area contributed by atoms with Gasteiger partial charge in [0.1, 0.15) is 0 Å². The number of amides is 2. The molecule has 1 fully saturated rings. The molecule has 1 aliphatic rings. The molecule has 2 N–H and O–H groups in total. The van der Waals surface area contributed by atoms with Crippen LogP contribution in [0.1, 0.15) is 57.6 Å². The maximum absolute atomic E-state index is 12.9. The van der Waals surface area contributed by atoms with E-state index in [1.54, 1.807) is 6.20 Å². The molecule has 0 saturated carbocycles. The largest absolute Gasteiger partial charge is 0.356 e. The lowest BCUT2D eigenvalue weighted by Gasteiger charge is -2.31. The van der Waals surface area contributed by atoms with Gasteiger partial charge in [0, 0.05) is 31.6 Å². The molecule has 144 valence electrons. The minimum absolute atomic E-state index is 0.0367. The van der Waals surface area contributed by atoms with Crippen molar-refractivity contribution in [3.05, 3.63) is 30.1 Å². The van der Waals surface area contributed by atoms with Gasteiger partial charge in [-0.1, -0.05) is 13.0 Å². The summed E-state index contributed by atoms with van der Waals surface area (Å²) in [6, 6.07) is 6.05. The standard InChI is InChI=1S/C20H32N4O2/c1-2-12-23-19(25)9-5-10-20(26)24(16-17-7-3-4-14-22-17)18-8-6-13-21-15-11-18/h3-4,7,14,18,21H,2,5-6,8-13,15-16H2,1H3,(H,23,25). The van der Waals surface area contributed by atoms with Crippen LogP contribution in [0.15, 0.2) is 24.4 Å². The van der Waals surface area contributed by atoms with Gasteiger partial charge in [-0.3, -0.25) is 14.6 Å². The number of pyridine rings is 1. The van der Waals surface area contributed by atoms with Gasteiger partial charge in [0.05, 0.1) is 12.2 Å². The smallest absolute Gasteiger partial charge is 0.223 e. The SMILES string of the molecule is CCCNC(=O)CCCC(=O)N(Cc1ccccn1)C1CCCNCC1. The van der Waals surface area contributed by atoms with Crippen molar-refractivity contribution < 1.29 is 9.59 Å². The number of nitrogens with one attached hydrogen (secondary N) is 2. The van der Waals surface area contributed by atoms with Crippen LogP contribution < -0.4 is 10.6 Å². The van der Waals surface area contributed by atoms with Crippen molar-refractivity contribution in [1.29, 1.82) is 0 Å². The molecule has 0 aliphatic carbocycles. The van der Waals surface area contributed by atoms with Gasteiger partial charge in [0.25, 0.3) is 0 Å². The normalized spacial score (nSPS) is 17.3. The van der Waals surface area contributed by atoms with E-state index in [0.717, 1.165) is 44.5 Å². The zero-order valence-corrected chi connectivity index (χ0v) is 15.9. The van der Waals surface area contributed by atoms with Gasteiger partial charge in [-0.25, -0.2) is 0 Å². The van der Waals surface area contributed by atoms with E-state index in [1.165, 1.54) is 0 Å². The van der Waals surface area contributed by atoms with Crippen LogP contribution in [0.25, 0.3) is 0 Å². The highest BCUT2D eigenvalue weighted by Gasteiger charge is 2.24. The predicted molar refractivity (Wildman–Crippen MR) is 102 cm³/mol. The average molecular weight is 361 g/mol. The van der Waals surface area contributed by atoms with Crippen LogP contribution in [0.5, 0.6) is 0 Å². The Bertz CT molecular complexity index is 542. The summed E-state index contributed by atoms with van der Waals surface area (Å²) in [6.07, 6.45) is 7.18. The van der Waals surface area contributed by atoms with Crippen LogP contribution in [0.2, 0.25) is 0 Å². The number of hydrogen-bond donors (Lipinski definition) is 2. The Morgan fingerprint density at radius 3 is 2.92 bits per heavy atom. The van der Waals surface area contributed by atoms with E-state index < -0.39 is 0 Å². The number of carbonyl (C=O) groups excluding carboxylic acids is 2. The number of aromatic nitrogens is 1. The van der Waals surface area contributed by atoms with Crippen LogP contribution >= 0.6 is 0 Å². The fourth-order valence-electron chi connectivity index (χ4n) is 3.30. The molecule has 1 aliphatic heterocycles. The van der Waals surface area contributed by atoms with Gasteiger partial charge < -0.3 is 15.5 Å². The summed E-state index contributed by atoms with van der Waals surface area (Å²) in [7, 11) is 0. The first kappa shape index (κ1) is 20.4. The first-order valence-electron chi connectivity index (χ1n) is 9.87. The average Bonchev–Trinajstić information content (AvgIpc) is 2.94. The van der Waals surface area contributed by atoms with E-state index in [2.05, 4.69) is 15.6 Å². The summed E-state index contributed by atoms with van der Waals surface area (Å²) in [5.41, 5.74) is 0.916. The molecule has 2 heterocycles. The monoisotopic (exact) mass is 360 g/mol. The quantitative estimate of drug-likeness (QED) is 0.708. The second-order valence-corrected chi connectivity index (χ2v) is 6.88. The van der Waals surface area contributed by atoms with E-state index in [0.29, 0.717) is 32.4 Å². The molecular weight excluding hydrogens is 328 g/mol. The van der Waals surface area contributed by atoms with Crippen LogP contribution in [0.4, 0.5) is 0 Å². The Balaban J connectivity index is 1.93. The van der Waals surface area contributed by atoms with Gasteiger partial charge in [-0.15, -0.1) is 0 Å². The van der Waals surface area contributed by atoms with Crippen LogP contribution in [0, 0.1) is 0 Å². The Labute approximate surface area is 156 Å². The number of rotatable bonds is 9. The first-order chi connectivity index (χ1) is 12.7. The van der Waals surface area contributed by atoms with Gasteiger partial charge in [-0.05, 0) is 57.3 Å². The summed E-state index contributed by atoms with van der Waals surface area (Å²) in [5, 5.41) is 6.27. The summed E-state index contributed by atoms with van der Waals surface area (Å²) in [6.45, 7) is 5.23. The summed E-state index contributed by atoms with van der Waals surface area (Å²) < 4.78 is 0. The molecule has 0 aromatic carbocycles. The molecule has 2 rings (SSSR count). The maximum Gasteiger partial charge on any atom is 0.223 e. The van der Waals surface area contributed by atoms with Crippen molar-refractivity contribution in [2.75, 3.05) is 19.6 Å². The first-order valence-corrected chi connectivity index (χ1v) is 9.87. The highest BCUT2D eigenvalue weighted by atomic mass is 16.2. The lowest BCUT2D eigenvalue weighted by atomic mass is 10.1. The minimum atomic E-state index is 0.0367. The summed E-state index contributed by atoms with van der Waals surface area (Å²) >= 11 is 0. The molecule has 1 aromatic rings. The molecule has 6 nitrogen and oxygen atoms in total. The molecule has 1 atom stereocenters. The summed E-state index contributed by atoms with van der Waals surface area (Å²) in [4.78, 5) is 31.0. The van der Waals surface area contributed by atoms with Gasteiger partial charge in [0.2, 0.25) is 11.8 Å². The molecule has 1 aromatic heterocycles. The molecule has 0 bridgehead atoms. The predicted octanol–water partition coefficient (Wildman–Crippen LogP) is 2.25. The highest BCUT2D eigenvalue weighted by molar-refractivity contribution is 5.79. The van der Waals surface area contributed by atoms with Gasteiger partial charge in [0.15, 0.2) is 0 Å². The molecule has 1 saturated heterocycles. The second-order valence-electron chi connectivity index (χ2n) is 6.88. The van der Waals surface area contributed by atoms with Gasteiger partial charge >= 0.3 is 0 Å². The van der Waals surface area contributed by atoms with E-state index in [-0.39, 0.29) is 17.9 Å². The van der Waals surface area contributed by atoms with Crippen LogP contribution in [-0.4, -0.2) is 47.4 Å². The van der Waals surface area contributed by atoms with Crippen molar-refractivity contribution in [1.82, 2.24) is 20.5 Å². The second kappa shape index (κ2) is 11.6. The molecule has 0 radical (unpaired) electrons. The molecule has 2 amide bonds. The Morgan fingerprint density at radius 1 is 1.27 bits per heavy atom. The van der Waals surface area contributed by atoms with Crippen molar-refractivity contribution in [2.24, 2.45) is 0 Å². The molecule has 6 heteroatoms. The third-order valence-electron chi connectivity index (χ3n) is 4.73. The highest BCUT2D eigenvalue weighted by Crippen LogP contribution is 2.18. The van der Waals surface area contributed by atoms with E-state index in [1.807, 2.05) is 30.0 Å². The van der Waals surface area contributed by atoms with Crippen LogP contribution in [0.3, 0.4) is 0 Å². The Morgan fingerprint density at radius 2 is 2.15 bits per heavy atom. The van der Waals surface area contributed by atoms with E-state index in [4.69, 9.17) is 0 Å². The minimum Gasteiger partial charge on any atom is -0.356 e. The summed E-state index contributed by atoms with van der Waals surface area (Å²) in [5.74, 6) is 0.167. The molecule has 1 unspecified atom stereocenters. The van der Waals surface area contributed by atoms with Crippen molar-refractivity contribution in [3.8, 4) is 0 Å². The van der Waals surface area contributed by atoms with E-state index >= 15 is 0 Å². The van der Waals surface area contributed by atoms with Crippen molar-refractivity contribution in [3.63, 3.8) is 0 Å². The van der Waals surface area contributed by atoms with Crippen LogP contribution in [-0.2, 0) is 16.1 Å². The van der Waals surface area contributed by atoms with Crippen molar-refractivity contribution in [2.45, 2.75) is 64.5 Å². The zero-order valence-electron chi connectivity index (χ0n) is 15.9. The maximum atomic E-state index is 12.9. The lowest BCUT2D eigenvalue weighted by Crippen LogP contribution is -2.40. The molecular formula is C20H32N4O2. The van der Waals surface area contributed by atoms with Crippen molar-refractivity contribution >= 4 is 11.8 Å². The number of carbonyl (C=O) groups is 2. The fourth-order valence-corrected chi connectivity index (χ4v) is 3.30. The van der Waals surface area contributed by atoms with Gasteiger partial charge in [-0.2, -0.15) is 0 Å². The topological polar surface area (TPSA) is 74.3 Å². The lowest BCUT2D eigenvalue weighted by molar-refractivity contribution is -0.134. The zero-order chi connectivity index (χ0) is 18.6. The van der Waals surface area contributed by atoms with E-state index in [9.17, 15) is 9.59 Å². The third-order valence-corrected chi connectivity index (χ3v) is 4.73.